The number of nitrogens with one attached hydrogen (secondary N) is 1. The molecule has 1 aliphatic heterocycles. The summed E-state index contributed by atoms with van der Waals surface area (Å²) < 4.78 is 5.92. The van der Waals surface area contributed by atoms with Gasteiger partial charge in [0.1, 0.15) is 11.9 Å². The number of hydrogen-bond acceptors (Lipinski definition) is 4. The summed E-state index contributed by atoms with van der Waals surface area (Å²) in [5, 5.41) is 2.89. The van der Waals surface area contributed by atoms with Crippen LogP contribution in [0.5, 0.6) is 5.75 Å². The monoisotopic (exact) mass is 304 g/mol. The molecule has 5 nitrogen and oxygen atoms in total. The van der Waals surface area contributed by atoms with Crippen molar-refractivity contribution in [2.24, 2.45) is 0 Å². The van der Waals surface area contributed by atoms with Gasteiger partial charge in [-0.1, -0.05) is 13.8 Å². The van der Waals surface area contributed by atoms with Crippen LogP contribution in [0.15, 0.2) is 18.2 Å². The molecule has 1 heterocycles. The first-order chi connectivity index (χ1) is 10.5. The molecule has 5 heteroatoms. The lowest BCUT2D eigenvalue weighted by molar-refractivity contribution is -0.119. The van der Waals surface area contributed by atoms with Gasteiger partial charge in [0, 0.05) is 12.1 Å². The molecule has 1 aromatic rings. The summed E-state index contributed by atoms with van der Waals surface area (Å²) in [6, 6.07) is 5.41. The van der Waals surface area contributed by atoms with E-state index in [4.69, 9.17) is 4.74 Å². The zero-order valence-electron chi connectivity index (χ0n) is 13.5. The lowest BCUT2D eigenvalue weighted by Crippen LogP contribution is -2.45. The van der Waals surface area contributed by atoms with Crippen LogP contribution in [0.25, 0.3) is 0 Å². The topological polar surface area (TPSA) is 58.6 Å². The highest BCUT2D eigenvalue weighted by molar-refractivity contribution is 5.96. The number of anilines is 1. The molecular formula is C17H24N2O3. The highest BCUT2D eigenvalue weighted by Crippen LogP contribution is 2.34. The average molecular weight is 304 g/mol. The van der Waals surface area contributed by atoms with Gasteiger partial charge in [0.25, 0.3) is 0 Å². The lowest BCUT2D eigenvalue weighted by atomic mass is 10.1. The molecule has 0 spiro atoms. The maximum atomic E-state index is 12.0. The van der Waals surface area contributed by atoms with E-state index >= 15 is 0 Å². The number of fused-ring (bicyclic) bond motifs is 1. The van der Waals surface area contributed by atoms with E-state index in [1.165, 1.54) is 0 Å². The van der Waals surface area contributed by atoms with Gasteiger partial charge < -0.3 is 15.0 Å². The molecule has 1 unspecified atom stereocenters. The van der Waals surface area contributed by atoms with Crippen molar-refractivity contribution in [3.05, 3.63) is 23.8 Å². The van der Waals surface area contributed by atoms with Crippen molar-refractivity contribution in [2.75, 3.05) is 24.5 Å². The number of nitrogens with zero attached hydrogens (tertiary/aromatic N) is 1. The van der Waals surface area contributed by atoms with E-state index in [0.29, 0.717) is 18.7 Å². The fourth-order valence-corrected chi connectivity index (χ4v) is 2.50. The molecule has 0 fully saturated rings. The zero-order chi connectivity index (χ0) is 16.1. The van der Waals surface area contributed by atoms with Crippen molar-refractivity contribution in [1.82, 2.24) is 5.32 Å². The van der Waals surface area contributed by atoms with Crippen molar-refractivity contribution < 1.29 is 14.3 Å². The first kappa shape index (κ1) is 16.3. The van der Waals surface area contributed by atoms with Crippen LogP contribution in [0.4, 0.5) is 5.69 Å². The van der Waals surface area contributed by atoms with Crippen LogP contribution in [0.2, 0.25) is 0 Å². The summed E-state index contributed by atoms with van der Waals surface area (Å²) >= 11 is 0. The summed E-state index contributed by atoms with van der Waals surface area (Å²) in [5.74, 6) is 0.750. The predicted molar refractivity (Wildman–Crippen MR) is 86.7 cm³/mol. The number of benzene rings is 1. The smallest absolute Gasteiger partial charge is 0.239 e. The number of carbonyl (C=O) groups is 2. The maximum absolute atomic E-state index is 12.0. The molecule has 1 amide bonds. The Balaban J connectivity index is 2.23. The van der Waals surface area contributed by atoms with Crippen LogP contribution in [-0.4, -0.2) is 37.4 Å². The number of ketones is 1. The Morgan fingerprint density at radius 3 is 2.77 bits per heavy atom. The van der Waals surface area contributed by atoms with E-state index in [9.17, 15) is 9.59 Å². The van der Waals surface area contributed by atoms with Crippen molar-refractivity contribution >= 4 is 17.4 Å². The Morgan fingerprint density at radius 1 is 1.36 bits per heavy atom. The van der Waals surface area contributed by atoms with E-state index in [-0.39, 0.29) is 24.3 Å². The van der Waals surface area contributed by atoms with E-state index in [1.807, 2.05) is 24.0 Å². The molecule has 2 rings (SSSR count). The molecule has 0 aromatic heterocycles. The minimum atomic E-state index is -0.00205. The number of hydrogen-bond donors (Lipinski definition) is 1. The van der Waals surface area contributed by atoms with Crippen molar-refractivity contribution in [1.29, 1.82) is 0 Å². The minimum Gasteiger partial charge on any atom is -0.486 e. The molecule has 1 aliphatic rings. The van der Waals surface area contributed by atoms with Crippen LogP contribution >= 0.6 is 0 Å². The molecule has 1 N–H and O–H groups in total. The number of carbonyl (C=O) groups excluding carboxylic acids is 2. The van der Waals surface area contributed by atoms with Gasteiger partial charge in [-0.3, -0.25) is 9.59 Å². The fourth-order valence-electron chi connectivity index (χ4n) is 2.50. The molecule has 0 bridgehead atoms. The summed E-state index contributed by atoms with van der Waals surface area (Å²) in [6.07, 6.45) is 1.85. The Bertz CT molecular complexity index is 557. The van der Waals surface area contributed by atoms with Gasteiger partial charge >= 0.3 is 0 Å². The molecule has 0 saturated carbocycles. The Hall–Kier alpha value is -2.04. The molecule has 22 heavy (non-hydrogen) atoms. The third-order valence-electron chi connectivity index (χ3n) is 3.79. The second kappa shape index (κ2) is 7.29. The van der Waals surface area contributed by atoms with Gasteiger partial charge in [0.15, 0.2) is 5.78 Å². The van der Waals surface area contributed by atoms with Crippen molar-refractivity contribution in [3.63, 3.8) is 0 Å². The quantitative estimate of drug-likeness (QED) is 0.820. The van der Waals surface area contributed by atoms with Crippen LogP contribution in [0.1, 0.15) is 44.0 Å². The SMILES string of the molecule is CCCNC(=O)CN1CC(CC)Oc2ccc(C(C)=O)cc21. The standard InChI is InChI=1S/C17H24N2O3/c1-4-8-18-17(21)11-19-10-14(5-2)22-16-7-6-13(12(3)20)9-15(16)19/h6-7,9,14H,4-5,8,10-11H2,1-3H3,(H,18,21). The Morgan fingerprint density at radius 2 is 2.14 bits per heavy atom. The first-order valence-corrected chi connectivity index (χ1v) is 7.88. The number of rotatable bonds is 6. The lowest BCUT2D eigenvalue weighted by Gasteiger charge is -2.35. The van der Waals surface area contributed by atoms with Gasteiger partial charge in [-0.15, -0.1) is 0 Å². The van der Waals surface area contributed by atoms with Crippen molar-refractivity contribution in [3.8, 4) is 5.75 Å². The maximum Gasteiger partial charge on any atom is 0.239 e. The van der Waals surface area contributed by atoms with Crippen molar-refractivity contribution in [2.45, 2.75) is 39.7 Å². The second-order valence-electron chi connectivity index (χ2n) is 5.62. The third kappa shape index (κ3) is 3.78. The van der Waals surface area contributed by atoms with E-state index in [0.717, 1.165) is 24.3 Å². The van der Waals surface area contributed by atoms with Gasteiger partial charge in [0.2, 0.25) is 5.91 Å². The van der Waals surface area contributed by atoms with Gasteiger partial charge in [-0.25, -0.2) is 0 Å². The highest BCUT2D eigenvalue weighted by atomic mass is 16.5. The van der Waals surface area contributed by atoms with Gasteiger partial charge in [-0.05, 0) is 38.0 Å². The zero-order valence-corrected chi connectivity index (χ0v) is 13.5. The largest absolute Gasteiger partial charge is 0.486 e. The molecule has 1 aromatic carbocycles. The molecule has 0 radical (unpaired) electrons. The molecular weight excluding hydrogens is 280 g/mol. The number of amides is 1. The van der Waals surface area contributed by atoms with Gasteiger partial charge in [0.05, 0.1) is 18.8 Å². The summed E-state index contributed by atoms with van der Waals surface area (Å²) in [5.41, 5.74) is 1.46. The van der Waals surface area contributed by atoms with E-state index in [1.54, 1.807) is 13.0 Å². The first-order valence-electron chi connectivity index (χ1n) is 7.88. The third-order valence-corrected chi connectivity index (χ3v) is 3.79. The minimum absolute atomic E-state index is 0.00205. The number of ether oxygens (including phenoxy) is 1. The second-order valence-corrected chi connectivity index (χ2v) is 5.62. The van der Waals surface area contributed by atoms with E-state index in [2.05, 4.69) is 12.2 Å². The Labute approximate surface area is 131 Å². The van der Waals surface area contributed by atoms with Gasteiger partial charge in [-0.2, -0.15) is 0 Å². The van der Waals surface area contributed by atoms with Crippen LogP contribution in [-0.2, 0) is 4.79 Å². The highest BCUT2D eigenvalue weighted by Gasteiger charge is 2.26. The molecule has 120 valence electrons. The summed E-state index contributed by atoms with van der Waals surface area (Å²) in [7, 11) is 0. The fraction of sp³-hybridized carbons (Fsp3) is 0.529. The average Bonchev–Trinajstić information content (AvgIpc) is 2.52. The van der Waals surface area contributed by atoms with E-state index < -0.39 is 0 Å². The molecule has 0 saturated heterocycles. The van der Waals surface area contributed by atoms with Crippen LogP contribution in [0, 0.1) is 0 Å². The summed E-state index contributed by atoms with van der Waals surface area (Å²) in [6.45, 7) is 7.25. The molecule has 0 aliphatic carbocycles. The van der Waals surface area contributed by atoms with Crippen LogP contribution in [0.3, 0.4) is 0 Å². The van der Waals surface area contributed by atoms with Crippen LogP contribution < -0.4 is 15.0 Å². The predicted octanol–water partition coefficient (Wildman–Crippen LogP) is 2.39. The number of Topliss-reactive ketones (excluding diaryl/α,β-unsaturated/α-hetero) is 1. The normalized spacial score (nSPS) is 16.7. The Kier molecular flexibility index (Phi) is 5.41. The summed E-state index contributed by atoms with van der Waals surface area (Å²) in [4.78, 5) is 25.6. The molecule has 1 atom stereocenters.